The highest BCUT2D eigenvalue weighted by atomic mass is 32.2. The average molecular weight is 424 g/mol. The van der Waals surface area contributed by atoms with Crippen LogP contribution in [-0.2, 0) is 20.8 Å². The van der Waals surface area contributed by atoms with Crippen LogP contribution in [0.15, 0.2) is 66.7 Å². The lowest BCUT2D eigenvalue weighted by atomic mass is 9.93. The van der Waals surface area contributed by atoms with Gasteiger partial charge in [-0.3, -0.25) is 4.18 Å². The molecule has 156 valence electrons. The van der Waals surface area contributed by atoms with Gasteiger partial charge in [-0.2, -0.15) is 8.42 Å². The topological polar surface area (TPSA) is 75.6 Å². The summed E-state index contributed by atoms with van der Waals surface area (Å²) < 4.78 is 27.8. The fraction of sp³-hybridized carbons (Fsp3) is 0.250. The third-order valence-electron chi connectivity index (χ3n) is 5.47. The summed E-state index contributed by atoms with van der Waals surface area (Å²) in [5.41, 5.74) is 0.205. The first-order valence-electron chi connectivity index (χ1n) is 9.81. The van der Waals surface area contributed by atoms with Crippen LogP contribution in [0.4, 0.5) is 0 Å². The monoisotopic (exact) mass is 423 g/mol. The highest BCUT2D eigenvalue weighted by molar-refractivity contribution is 7.85. The Hall–Kier alpha value is -2.51. The van der Waals surface area contributed by atoms with Crippen molar-refractivity contribution in [1.29, 1.82) is 0 Å². The highest BCUT2D eigenvalue weighted by Gasteiger charge is 2.26. The Morgan fingerprint density at radius 1 is 0.900 bits per heavy atom. The van der Waals surface area contributed by atoms with E-state index in [0.29, 0.717) is 6.54 Å². The maximum Gasteiger partial charge on any atom is 0.264 e. The first kappa shape index (κ1) is 20.8. The van der Waals surface area contributed by atoms with Crippen LogP contribution in [0.25, 0.3) is 32.3 Å². The number of fused-ring (bicyclic) bond motifs is 3. The SMILES string of the molecule is CC(CO)(COS(C)(=O)=O)NCc1c2ccccc2cc2cc3ccccc3cc12. The highest BCUT2D eigenvalue weighted by Crippen LogP contribution is 2.32. The first-order chi connectivity index (χ1) is 14.3. The molecule has 0 amide bonds. The minimum atomic E-state index is -3.60. The van der Waals surface area contributed by atoms with E-state index >= 15 is 0 Å². The summed E-state index contributed by atoms with van der Waals surface area (Å²) in [6.07, 6.45) is 1.01. The van der Waals surface area contributed by atoms with Crippen molar-refractivity contribution < 1.29 is 17.7 Å². The predicted octanol–water partition coefficient (Wildman–Crippen LogP) is 3.96. The molecule has 1 unspecified atom stereocenters. The minimum absolute atomic E-state index is 0.145. The molecule has 4 aromatic rings. The fourth-order valence-electron chi connectivity index (χ4n) is 3.73. The van der Waals surface area contributed by atoms with E-state index in [1.807, 2.05) is 24.3 Å². The van der Waals surface area contributed by atoms with E-state index in [1.165, 1.54) is 5.39 Å². The molecule has 1 atom stereocenters. The Morgan fingerprint density at radius 2 is 1.50 bits per heavy atom. The van der Waals surface area contributed by atoms with Crippen molar-refractivity contribution in [1.82, 2.24) is 5.32 Å². The minimum Gasteiger partial charge on any atom is -0.394 e. The van der Waals surface area contributed by atoms with E-state index in [4.69, 9.17) is 4.18 Å². The molecule has 6 heteroatoms. The van der Waals surface area contributed by atoms with Gasteiger partial charge in [0, 0.05) is 6.54 Å². The molecule has 0 fully saturated rings. The number of hydrogen-bond acceptors (Lipinski definition) is 5. The third-order valence-corrected chi connectivity index (χ3v) is 6.02. The number of aliphatic hydroxyl groups excluding tert-OH is 1. The number of benzene rings is 4. The molecule has 30 heavy (non-hydrogen) atoms. The molecule has 0 saturated carbocycles. The average Bonchev–Trinajstić information content (AvgIpc) is 2.73. The summed E-state index contributed by atoms with van der Waals surface area (Å²) in [5, 5.41) is 20.1. The third kappa shape index (κ3) is 4.32. The maximum atomic E-state index is 11.4. The van der Waals surface area contributed by atoms with Crippen LogP contribution in [-0.4, -0.2) is 38.5 Å². The van der Waals surface area contributed by atoms with E-state index in [-0.39, 0.29) is 13.2 Å². The van der Waals surface area contributed by atoms with Gasteiger partial charge in [0.05, 0.1) is 25.0 Å². The van der Waals surface area contributed by atoms with Crippen molar-refractivity contribution in [3.05, 3.63) is 72.3 Å². The normalized spacial score (nSPS) is 14.4. The van der Waals surface area contributed by atoms with Crippen molar-refractivity contribution in [2.24, 2.45) is 0 Å². The molecule has 0 bridgehead atoms. The molecule has 0 aliphatic carbocycles. The number of rotatable bonds is 7. The van der Waals surface area contributed by atoms with Crippen LogP contribution in [0.3, 0.4) is 0 Å². The van der Waals surface area contributed by atoms with Crippen molar-refractivity contribution in [2.75, 3.05) is 19.5 Å². The Labute approximate surface area is 176 Å². The first-order valence-corrected chi connectivity index (χ1v) is 11.6. The van der Waals surface area contributed by atoms with Crippen LogP contribution < -0.4 is 5.32 Å². The fourth-order valence-corrected chi connectivity index (χ4v) is 4.21. The van der Waals surface area contributed by atoms with Gasteiger partial charge >= 0.3 is 0 Å². The summed E-state index contributed by atoms with van der Waals surface area (Å²) in [7, 11) is -3.60. The lowest BCUT2D eigenvalue weighted by Gasteiger charge is -2.28. The van der Waals surface area contributed by atoms with Gasteiger partial charge in [-0.25, -0.2) is 0 Å². The van der Waals surface area contributed by atoms with Crippen LogP contribution >= 0.6 is 0 Å². The molecule has 0 radical (unpaired) electrons. The Kier molecular flexibility index (Phi) is 5.51. The molecule has 2 N–H and O–H groups in total. The largest absolute Gasteiger partial charge is 0.394 e. The lowest BCUT2D eigenvalue weighted by molar-refractivity contribution is 0.118. The zero-order chi connectivity index (χ0) is 21.4. The van der Waals surface area contributed by atoms with Gasteiger partial charge in [-0.15, -0.1) is 0 Å². The van der Waals surface area contributed by atoms with Gasteiger partial charge in [0.15, 0.2) is 0 Å². The van der Waals surface area contributed by atoms with Crippen LogP contribution in [0.1, 0.15) is 12.5 Å². The molecule has 0 aliphatic rings. The smallest absolute Gasteiger partial charge is 0.264 e. The molecule has 0 aliphatic heterocycles. The van der Waals surface area contributed by atoms with Gasteiger partial charge < -0.3 is 10.4 Å². The molecule has 4 rings (SSSR count). The van der Waals surface area contributed by atoms with Crippen molar-refractivity contribution in [3.8, 4) is 0 Å². The van der Waals surface area contributed by atoms with Crippen LogP contribution in [0.2, 0.25) is 0 Å². The lowest BCUT2D eigenvalue weighted by Crippen LogP contribution is -2.49. The molecule has 0 heterocycles. The van der Waals surface area contributed by atoms with E-state index in [0.717, 1.165) is 38.8 Å². The van der Waals surface area contributed by atoms with Crippen molar-refractivity contribution >= 4 is 42.4 Å². The van der Waals surface area contributed by atoms with Gasteiger partial charge in [0.25, 0.3) is 10.1 Å². The zero-order valence-corrected chi connectivity index (χ0v) is 17.9. The van der Waals surface area contributed by atoms with Gasteiger partial charge in [0.1, 0.15) is 0 Å². The molecular weight excluding hydrogens is 398 g/mol. The standard InChI is InChI=1S/C24H25NO4S/c1-24(15-26,16-29-30(2,27)28)25-14-23-21-10-6-5-9-19(21)12-20-11-17-7-3-4-8-18(17)13-22(20)23/h3-13,25-26H,14-16H2,1-2H3. The van der Waals surface area contributed by atoms with Gasteiger partial charge in [0.2, 0.25) is 0 Å². The quantitative estimate of drug-likeness (QED) is 0.348. The predicted molar refractivity (Wildman–Crippen MR) is 122 cm³/mol. The Bertz CT molecular complexity index is 1330. The summed E-state index contributed by atoms with van der Waals surface area (Å²) in [6, 6.07) is 23.0. The Morgan fingerprint density at radius 3 is 2.17 bits per heavy atom. The Balaban J connectivity index is 1.80. The van der Waals surface area contributed by atoms with Gasteiger partial charge in [-0.1, -0.05) is 48.5 Å². The van der Waals surface area contributed by atoms with Crippen LogP contribution in [0.5, 0.6) is 0 Å². The van der Waals surface area contributed by atoms with Crippen LogP contribution in [0, 0.1) is 0 Å². The number of aliphatic hydroxyl groups is 1. The second-order valence-corrected chi connectivity index (χ2v) is 9.68. The second-order valence-electron chi connectivity index (χ2n) is 8.04. The van der Waals surface area contributed by atoms with E-state index in [9.17, 15) is 13.5 Å². The summed E-state index contributed by atoms with van der Waals surface area (Å²) in [4.78, 5) is 0. The van der Waals surface area contributed by atoms with Gasteiger partial charge in [-0.05, 0) is 63.0 Å². The van der Waals surface area contributed by atoms with E-state index in [1.54, 1.807) is 6.92 Å². The van der Waals surface area contributed by atoms with Crippen molar-refractivity contribution in [2.45, 2.75) is 19.0 Å². The maximum absolute atomic E-state index is 11.4. The van der Waals surface area contributed by atoms with E-state index in [2.05, 4.69) is 47.8 Å². The molecule has 5 nitrogen and oxygen atoms in total. The molecular formula is C24H25NO4S. The summed E-state index contributed by atoms with van der Waals surface area (Å²) in [5.74, 6) is 0. The summed E-state index contributed by atoms with van der Waals surface area (Å²) in [6.45, 7) is 1.81. The second kappa shape index (κ2) is 7.96. The number of hydrogen-bond donors (Lipinski definition) is 2. The molecule has 0 saturated heterocycles. The number of nitrogens with one attached hydrogen (secondary N) is 1. The molecule has 0 aromatic heterocycles. The summed E-state index contributed by atoms with van der Waals surface area (Å²) >= 11 is 0. The molecule has 0 spiro atoms. The van der Waals surface area contributed by atoms with Crippen molar-refractivity contribution in [3.63, 3.8) is 0 Å². The van der Waals surface area contributed by atoms with E-state index < -0.39 is 15.7 Å². The zero-order valence-electron chi connectivity index (χ0n) is 17.1. The molecule has 4 aromatic carbocycles.